The van der Waals surface area contributed by atoms with Crippen molar-refractivity contribution in [1.82, 2.24) is 0 Å². The molecule has 0 amide bonds. The molecule has 1 atom stereocenters. The summed E-state index contributed by atoms with van der Waals surface area (Å²) in [4.78, 5) is 0. The minimum Gasteiger partial charge on any atom is -0.389 e. The van der Waals surface area contributed by atoms with E-state index in [4.69, 9.17) is 5.11 Å². The predicted molar refractivity (Wildman–Crippen MR) is 31.1 cm³/mol. The van der Waals surface area contributed by atoms with Gasteiger partial charge in [-0.2, -0.15) is 8.78 Å². The Balaban J connectivity index is 3.76. The van der Waals surface area contributed by atoms with Crippen molar-refractivity contribution in [1.29, 1.82) is 0 Å². The average molecular weight is 136 g/mol. The normalized spacial score (nSPS) is 13.6. The average Bonchev–Trinajstić information content (AvgIpc) is 1.63. The van der Waals surface area contributed by atoms with Gasteiger partial charge in [-0.05, 0) is 5.92 Å². The quantitative estimate of drug-likeness (QED) is 0.613. The topological polar surface area (TPSA) is 20.2 Å². The zero-order chi connectivity index (χ0) is 7.44. The first-order chi connectivity index (χ1) is 4.04. The molecule has 0 heterocycles. The molecular formula is C6H10F2O. The summed E-state index contributed by atoms with van der Waals surface area (Å²) in [5.74, 6) is -0.147. The Morgan fingerprint density at radius 1 is 1.44 bits per heavy atom. The highest BCUT2D eigenvalue weighted by Gasteiger charge is 2.06. The summed E-state index contributed by atoms with van der Waals surface area (Å²) in [5, 5.41) is 8.74. The van der Waals surface area contributed by atoms with Crippen LogP contribution in [0.3, 0.4) is 0 Å². The van der Waals surface area contributed by atoms with Crippen LogP contribution in [0.25, 0.3) is 0 Å². The summed E-state index contributed by atoms with van der Waals surface area (Å²) in [6, 6.07) is 0. The molecule has 0 fully saturated rings. The summed E-state index contributed by atoms with van der Waals surface area (Å²) in [5.41, 5.74) is 0. The molecule has 0 aromatic carbocycles. The lowest BCUT2D eigenvalue weighted by Gasteiger charge is -2.06. The van der Waals surface area contributed by atoms with Crippen LogP contribution in [0.5, 0.6) is 0 Å². The Labute approximate surface area is 53.0 Å². The van der Waals surface area contributed by atoms with Gasteiger partial charge in [-0.15, -0.1) is 0 Å². The van der Waals surface area contributed by atoms with Crippen molar-refractivity contribution in [3.8, 4) is 0 Å². The van der Waals surface area contributed by atoms with Crippen LogP contribution in [0, 0.1) is 5.92 Å². The van der Waals surface area contributed by atoms with Crippen molar-refractivity contribution >= 4 is 0 Å². The van der Waals surface area contributed by atoms with Crippen LogP contribution in [0.2, 0.25) is 0 Å². The van der Waals surface area contributed by atoms with Crippen molar-refractivity contribution in [3.63, 3.8) is 0 Å². The second-order valence-corrected chi connectivity index (χ2v) is 2.19. The molecule has 0 aromatic rings. The fourth-order valence-corrected chi connectivity index (χ4v) is 0.322. The Hall–Kier alpha value is -0.440. The first-order valence-corrected chi connectivity index (χ1v) is 2.75. The highest BCUT2D eigenvalue weighted by atomic mass is 19.3. The van der Waals surface area contributed by atoms with Gasteiger partial charge in [0.05, 0.1) is 6.10 Å². The van der Waals surface area contributed by atoms with E-state index in [0.717, 1.165) is 0 Å². The van der Waals surface area contributed by atoms with E-state index >= 15 is 0 Å². The molecule has 1 unspecified atom stereocenters. The zero-order valence-corrected chi connectivity index (χ0v) is 5.44. The van der Waals surface area contributed by atoms with Crippen molar-refractivity contribution in [2.75, 3.05) is 0 Å². The van der Waals surface area contributed by atoms with E-state index in [0.29, 0.717) is 6.08 Å². The molecule has 0 bridgehead atoms. The molecule has 3 heteroatoms. The number of hydrogen-bond donors (Lipinski definition) is 1. The molecule has 0 aliphatic heterocycles. The number of aliphatic hydroxyl groups excluding tert-OH is 1. The third-order valence-corrected chi connectivity index (χ3v) is 0.980. The minimum atomic E-state index is -1.82. The van der Waals surface area contributed by atoms with E-state index in [1.165, 1.54) is 0 Å². The monoisotopic (exact) mass is 136 g/mol. The fourth-order valence-electron chi connectivity index (χ4n) is 0.322. The van der Waals surface area contributed by atoms with Gasteiger partial charge in [0.1, 0.15) is 0 Å². The highest BCUT2D eigenvalue weighted by Crippen LogP contribution is 2.06. The molecule has 1 N–H and O–H groups in total. The molecule has 0 aliphatic rings. The van der Waals surface area contributed by atoms with Gasteiger partial charge in [-0.3, -0.25) is 0 Å². The summed E-state index contributed by atoms with van der Waals surface area (Å²) < 4.78 is 22.7. The maximum atomic E-state index is 11.3. The van der Waals surface area contributed by atoms with E-state index in [9.17, 15) is 8.78 Å². The Morgan fingerprint density at radius 2 is 1.89 bits per heavy atom. The summed E-state index contributed by atoms with van der Waals surface area (Å²) in [6.07, 6.45) is -2.30. The second kappa shape index (κ2) is 3.56. The smallest absolute Gasteiger partial charge is 0.268 e. The van der Waals surface area contributed by atoms with E-state index in [-0.39, 0.29) is 5.92 Å². The maximum absolute atomic E-state index is 11.3. The van der Waals surface area contributed by atoms with Crippen LogP contribution in [0.4, 0.5) is 8.78 Å². The molecule has 0 radical (unpaired) electrons. The van der Waals surface area contributed by atoms with Gasteiger partial charge < -0.3 is 5.11 Å². The zero-order valence-electron chi connectivity index (χ0n) is 5.44. The van der Waals surface area contributed by atoms with E-state index < -0.39 is 12.2 Å². The van der Waals surface area contributed by atoms with Gasteiger partial charge in [0.15, 0.2) is 0 Å². The van der Waals surface area contributed by atoms with Crippen LogP contribution in [0.15, 0.2) is 12.2 Å². The van der Waals surface area contributed by atoms with Crippen LogP contribution in [-0.4, -0.2) is 11.2 Å². The number of halogens is 2. The first-order valence-electron chi connectivity index (χ1n) is 2.75. The minimum absolute atomic E-state index is 0.147. The highest BCUT2D eigenvalue weighted by molar-refractivity contribution is 4.89. The van der Waals surface area contributed by atoms with Crippen molar-refractivity contribution in [2.24, 2.45) is 5.92 Å². The lowest BCUT2D eigenvalue weighted by Crippen LogP contribution is -2.10. The van der Waals surface area contributed by atoms with Crippen LogP contribution >= 0.6 is 0 Å². The third-order valence-electron chi connectivity index (χ3n) is 0.980. The van der Waals surface area contributed by atoms with Crippen molar-refractivity contribution in [3.05, 3.63) is 12.2 Å². The molecule has 0 aromatic heterocycles. The van der Waals surface area contributed by atoms with Crippen LogP contribution in [0.1, 0.15) is 13.8 Å². The molecule has 1 nitrogen and oxygen atoms in total. The van der Waals surface area contributed by atoms with Crippen molar-refractivity contribution < 1.29 is 13.9 Å². The molecule has 0 rings (SSSR count). The van der Waals surface area contributed by atoms with E-state index in [1.54, 1.807) is 13.8 Å². The number of aliphatic hydroxyl groups is 1. The van der Waals surface area contributed by atoms with Gasteiger partial charge in [-0.1, -0.05) is 13.8 Å². The number of rotatable bonds is 2. The summed E-state index contributed by atoms with van der Waals surface area (Å²) in [7, 11) is 0. The Kier molecular flexibility index (Phi) is 3.39. The number of hydrogen-bond acceptors (Lipinski definition) is 1. The summed E-state index contributed by atoms with van der Waals surface area (Å²) in [6.45, 7) is 3.34. The second-order valence-electron chi connectivity index (χ2n) is 2.19. The predicted octanol–water partition coefficient (Wildman–Crippen LogP) is 1.78. The summed E-state index contributed by atoms with van der Waals surface area (Å²) >= 11 is 0. The van der Waals surface area contributed by atoms with Gasteiger partial charge in [0.25, 0.3) is 6.08 Å². The lowest BCUT2D eigenvalue weighted by molar-refractivity contribution is 0.166. The Bertz CT molecular complexity index is 106. The molecule has 0 spiro atoms. The molecule has 0 aliphatic carbocycles. The molecule has 0 saturated heterocycles. The van der Waals surface area contributed by atoms with Gasteiger partial charge >= 0.3 is 0 Å². The van der Waals surface area contributed by atoms with Gasteiger partial charge in [0.2, 0.25) is 0 Å². The maximum Gasteiger partial charge on any atom is 0.268 e. The van der Waals surface area contributed by atoms with Crippen molar-refractivity contribution in [2.45, 2.75) is 20.0 Å². The van der Waals surface area contributed by atoms with Crippen LogP contribution in [-0.2, 0) is 0 Å². The van der Waals surface area contributed by atoms with E-state index in [2.05, 4.69) is 0 Å². The third kappa shape index (κ3) is 4.09. The first kappa shape index (κ1) is 8.56. The standard InChI is InChI=1S/C6H10F2O/c1-4(2)5(9)3-6(7)8/h3-5,9H,1-2H3. The van der Waals surface area contributed by atoms with Gasteiger partial charge in [0, 0.05) is 6.08 Å². The fraction of sp³-hybridized carbons (Fsp3) is 0.667. The molecular weight excluding hydrogens is 126 g/mol. The Morgan fingerprint density at radius 3 is 2.00 bits per heavy atom. The lowest BCUT2D eigenvalue weighted by atomic mass is 10.1. The van der Waals surface area contributed by atoms with E-state index in [1.807, 2.05) is 0 Å². The largest absolute Gasteiger partial charge is 0.389 e. The molecule has 54 valence electrons. The molecule has 9 heavy (non-hydrogen) atoms. The SMILES string of the molecule is CC(C)C(O)C=C(F)F. The van der Waals surface area contributed by atoms with Gasteiger partial charge in [-0.25, -0.2) is 0 Å². The van der Waals surface area contributed by atoms with Crippen LogP contribution < -0.4 is 0 Å². The molecule has 0 saturated carbocycles.